The first kappa shape index (κ1) is 25.3. The number of benzene rings is 4. The van der Waals surface area contributed by atoms with Crippen molar-refractivity contribution in [3.05, 3.63) is 179 Å². The van der Waals surface area contributed by atoms with Gasteiger partial charge in [0, 0.05) is 34.4 Å². The van der Waals surface area contributed by atoms with Gasteiger partial charge in [0.1, 0.15) is 23.2 Å². The topological polar surface area (TPSA) is 46.0 Å². The third-order valence-electron chi connectivity index (χ3n) is 9.80. The van der Waals surface area contributed by atoms with Crippen molar-refractivity contribution in [2.24, 2.45) is 21.8 Å². The maximum absolute atomic E-state index is 6.94. The van der Waals surface area contributed by atoms with E-state index in [1.54, 1.807) is 0 Å². The zero-order valence-corrected chi connectivity index (χ0v) is 24.2. The minimum Gasteiger partial charge on any atom is -0.456 e. The summed E-state index contributed by atoms with van der Waals surface area (Å²) >= 11 is 0. The average molecular weight is 570 g/mol. The van der Waals surface area contributed by atoms with Crippen molar-refractivity contribution >= 4 is 11.7 Å². The minimum absolute atomic E-state index is 0.185. The molecule has 0 fully saturated rings. The van der Waals surface area contributed by atoms with Gasteiger partial charge < -0.3 is 10.1 Å². The Labute approximate surface area is 257 Å². The van der Waals surface area contributed by atoms with E-state index in [4.69, 9.17) is 14.7 Å². The van der Waals surface area contributed by atoms with Gasteiger partial charge in [0.05, 0.1) is 11.0 Å². The van der Waals surface area contributed by atoms with Crippen LogP contribution in [0.1, 0.15) is 45.7 Å². The molecule has 9 rings (SSSR count). The second-order valence-corrected chi connectivity index (χ2v) is 12.1. The molecule has 4 aromatic rings. The van der Waals surface area contributed by atoms with E-state index in [0.29, 0.717) is 0 Å². The summed E-state index contributed by atoms with van der Waals surface area (Å²) in [6.07, 6.45) is 18.5. The molecule has 5 unspecified atom stereocenters. The molecule has 4 heteroatoms. The Kier molecular flexibility index (Phi) is 5.70. The van der Waals surface area contributed by atoms with Crippen molar-refractivity contribution in [3.63, 3.8) is 0 Å². The Hall–Kier alpha value is -5.22. The summed E-state index contributed by atoms with van der Waals surface area (Å²) in [5, 5.41) is 3.64. The monoisotopic (exact) mass is 569 g/mol. The summed E-state index contributed by atoms with van der Waals surface area (Å²) in [5.74, 6) is 4.08. The van der Waals surface area contributed by atoms with Crippen LogP contribution in [0.5, 0.6) is 11.5 Å². The van der Waals surface area contributed by atoms with E-state index >= 15 is 0 Å². The first-order chi connectivity index (χ1) is 21.8. The zero-order valence-electron chi connectivity index (χ0n) is 24.2. The molecule has 4 nitrogen and oxygen atoms in total. The standard InChI is InChI=1S/C40H31N3O/c1-3-14-26(15-4-1)37-41-38(27-16-5-2-6-17-27)43-39(42-37)30-20-13-24-34-36(30)44-35-25-12-11-23-33(35)40(34)31-21-9-7-18-28(31)29-19-8-10-22-32(29)40/h1-16,18-25,27-28,31,38H,17H2,(H,41,42,43). The molecule has 5 aliphatic rings. The van der Waals surface area contributed by atoms with Crippen molar-refractivity contribution in [3.8, 4) is 11.5 Å². The first-order valence-corrected chi connectivity index (χ1v) is 15.5. The van der Waals surface area contributed by atoms with Crippen molar-refractivity contribution in [2.75, 3.05) is 0 Å². The fourth-order valence-corrected chi connectivity index (χ4v) is 7.94. The third kappa shape index (κ3) is 3.64. The van der Waals surface area contributed by atoms with Gasteiger partial charge in [-0.1, -0.05) is 134 Å². The Morgan fingerprint density at radius 3 is 2.30 bits per heavy atom. The van der Waals surface area contributed by atoms with Gasteiger partial charge in [0.2, 0.25) is 0 Å². The number of aliphatic imine (C=N–C) groups is 2. The van der Waals surface area contributed by atoms with E-state index in [1.165, 1.54) is 22.3 Å². The summed E-state index contributed by atoms with van der Waals surface area (Å²) in [4.78, 5) is 10.4. The van der Waals surface area contributed by atoms with Crippen LogP contribution in [-0.2, 0) is 5.41 Å². The predicted molar refractivity (Wildman–Crippen MR) is 177 cm³/mol. The molecule has 2 heterocycles. The molecule has 0 bridgehead atoms. The Morgan fingerprint density at radius 2 is 1.41 bits per heavy atom. The smallest absolute Gasteiger partial charge is 0.150 e. The number of amidine groups is 2. The lowest BCUT2D eigenvalue weighted by Gasteiger charge is -2.43. The van der Waals surface area contributed by atoms with Crippen LogP contribution in [0.15, 0.2) is 156 Å². The molecule has 2 aliphatic heterocycles. The van der Waals surface area contributed by atoms with Crippen LogP contribution in [-0.4, -0.2) is 17.8 Å². The highest BCUT2D eigenvalue weighted by Gasteiger charge is 2.56. The normalized spacial score (nSPS) is 26.9. The molecule has 1 spiro atoms. The number of nitrogens with zero attached hydrogens (tertiary/aromatic N) is 2. The second-order valence-electron chi connectivity index (χ2n) is 12.1. The maximum atomic E-state index is 6.94. The van der Waals surface area contributed by atoms with Crippen molar-refractivity contribution in [1.82, 2.24) is 5.32 Å². The highest BCUT2D eigenvalue weighted by Crippen LogP contribution is 2.64. The number of para-hydroxylation sites is 2. The molecule has 44 heavy (non-hydrogen) atoms. The summed E-state index contributed by atoms with van der Waals surface area (Å²) in [7, 11) is 0. The van der Waals surface area contributed by atoms with Crippen LogP contribution in [0, 0.1) is 11.8 Å². The van der Waals surface area contributed by atoms with Crippen molar-refractivity contribution in [2.45, 2.75) is 23.9 Å². The number of fused-ring (bicyclic) bond motifs is 9. The molecule has 3 aliphatic carbocycles. The van der Waals surface area contributed by atoms with Gasteiger partial charge in [0.15, 0.2) is 6.17 Å². The Balaban J connectivity index is 1.26. The molecule has 0 radical (unpaired) electrons. The number of allylic oxidation sites excluding steroid dienone is 7. The van der Waals surface area contributed by atoms with Crippen LogP contribution >= 0.6 is 0 Å². The number of hydrogen-bond acceptors (Lipinski definition) is 4. The van der Waals surface area contributed by atoms with Crippen molar-refractivity contribution in [1.29, 1.82) is 0 Å². The van der Waals surface area contributed by atoms with Crippen LogP contribution in [0.4, 0.5) is 0 Å². The lowest BCUT2D eigenvalue weighted by molar-refractivity contribution is 0.373. The summed E-state index contributed by atoms with van der Waals surface area (Å²) in [6, 6.07) is 34.5. The van der Waals surface area contributed by atoms with Gasteiger partial charge in [-0.05, 0) is 29.7 Å². The minimum atomic E-state index is -0.398. The molecule has 4 aromatic carbocycles. The van der Waals surface area contributed by atoms with Gasteiger partial charge in [-0.2, -0.15) is 0 Å². The first-order valence-electron chi connectivity index (χ1n) is 15.5. The van der Waals surface area contributed by atoms with E-state index in [9.17, 15) is 0 Å². The van der Waals surface area contributed by atoms with E-state index in [1.807, 2.05) is 6.07 Å². The summed E-state index contributed by atoms with van der Waals surface area (Å²) < 4.78 is 6.94. The van der Waals surface area contributed by atoms with Crippen molar-refractivity contribution < 1.29 is 4.74 Å². The molecule has 212 valence electrons. The van der Waals surface area contributed by atoms with Crippen LogP contribution in [0.2, 0.25) is 0 Å². The fraction of sp³-hybridized carbons (Fsp3) is 0.150. The second kappa shape index (κ2) is 9.92. The summed E-state index contributed by atoms with van der Waals surface area (Å²) in [5.41, 5.74) is 6.73. The predicted octanol–water partition coefficient (Wildman–Crippen LogP) is 8.22. The van der Waals surface area contributed by atoms with Crippen LogP contribution in [0.25, 0.3) is 0 Å². The molecule has 0 aromatic heterocycles. The highest BCUT2D eigenvalue weighted by molar-refractivity contribution is 6.17. The summed E-state index contributed by atoms with van der Waals surface area (Å²) in [6.45, 7) is 0. The fourth-order valence-electron chi connectivity index (χ4n) is 7.94. The SMILES string of the molecule is C1=CCC(C2N=C(c3ccccc3)NC(c3cccc4c3Oc3ccccc3C43c4ccccc4C4C=CC=CC43)=N2)C=C1. The molecular weight excluding hydrogens is 538 g/mol. The molecule has 0 saturated heterocycles. The number of ether oxygens (including phenoxy) is 1. The van der Waals surface area contributed by atoms with E-state index in [2.05, 4.69) is 145 Å². The van der Waals surface area contributed by atoms with E-state index in [0.717, 1.165) is 40.7 Å². The quantitative estimate of drug-likeness (QED) is 0.270. The van der Waals surface area contributed by atoms with Gasteiger partial charge in [0.25, 0.3) is 0 Å². The molecule has 5 atom stereocenters. The average Bonchev–Trinajstić information content (AvgIpc) is 3.40. The van der Waals surface area contributed by atoms with Crippen LogP contribution < -0.4 is 10.1 Å². The number of nitrogens with one attached hydrogen (secondary N) is 1. The molecule has 0 saturated carbocycles. The van der Waals surface area contributed by atoms with E-state index < -0.39 is 5.41 Å². The third-order valence-corrected chi connectivity index (χ3v) is 9.80. The molecule has 1 N–H and O–H groups in total. The Bertz CT molecular complexity index is 1980. The van der Waals surface area contributed by atoms with E-state index in [-0.39, 0.29) is 23.9 Å². The highest BCUT2D eigenvalue weighted by atomic mass is 16.5. The molecular formula is C40H31N3O. The zero-order chi connectivity index (χ0) is 29.1. The van der Waals surface area contributed by atoms with Gasteiger partial charge >= 0.3 is 0 Å². The number of hydrogen-bond donors (Lipinski definition) is 1. The van der Waals surface area contributed by atoms with Crippen LogP contribution in [0.3, 0.4) is 0 Å². The largest absolute Gasteiger partial charge is 0.456 e. The lowest BCUT2D eigenvalue weighted by atomic mass is 9.61. The lowest BCUT2D eigenvalue weighted by Crippen LogP contribution is -2.41. The van der Waals surface area contributed by atoms with Gasteiger partial charge in [-0.15, -0.1) is 0 Å². The van der Waals surface area contributed by atoms with Gasteiger partial charge in [-0.25, -0.2) is 9.98 Å². The maximum Gasteiger partial charge on any atom is 0.150 e. The molecule has 0 amide bonds. The Morgan fingerprint density at radius 1 is 0.659 bits per heavy atom. The number of rotatable bonds is 3. The van der Waals surface area contributed by atoms with Gasteiger partial charge in [-0.3, -0.25) is 0 Å².